The summed E-state index contributed by atoms with van der Waals surface area (Å²) < 4.78 is 0. The molecule has 0 spiro atoms. The molecule has 80 valence electrons. The van der Waals surface area contributed by atoms with Crippen molar-refractivity contribution in [3.8, 4) is 0 Å². The number of amides is 1. The molecule has 0 aromatic heterocycles. The van der Waals surface area contributed by atoms with E-state index in [0.29, 0.717) is 6.42 Å². The molecule has 0 saturated heterocycles. The molecule has 0 aliphatic heterocycles. The lowest BCUT2D eigenvalue weighted by molar-refractivity contribution is -0.123. The predicted molar refractivity (Wildman–Crippen MR) is 59.0 cm³/mol. The Kier molecular flexibility index (Phi) is 3.79. The van der Waals surface area contributed by atoms with Gasteiger partial charge in [0.2, 0.25) is 5.91 Å². The van der Waals surface area contributed by atoms with E-state index in [1.165, 1.54) is 0 Å². The van der Waals surface area contributed by atoms with Gasteiger partial charge in [0, 0.05) is 6.21 Å². The first-order valence-electron chi connectivity index (χ1n) is 4.63. The summed E-state index contributed by atoms with van der Waals surface area (Å²) in [6.07, 6.45) is 8.96. The SMILES string of the molecule is N=CC(NC(=O)C1C=CC=CC1)C(=N)N. The second-order valence-electron chi connectivity index (χ2n) is 3.26. The minimum atomic E-state index is -0.795. The highest BCUT2D eigenvalue weighted by Crippen LogP contribution is 2.11. The molecule has 2 unspecified atom stereocenters. The van der Waals surface area contributed by atoms with Crippen LogP contribution in [0.15, 0.2) is 24.3 Å². The van der Waals surface area contributed by atoms with E-state index in [1.807, 2.05) is 12.2 Å². The van der Waals surface area contributed by atoms with Crippen LogP contribution in [0.25, 0.3) is 0 Å². The van der Waals surface area contributed by atoms with Crippen LogP contribution in [-0.4, -0.2) is 24.0 Å². The maximum atomic E-state index is 11.6. The summed E-state index contributed by atoms with van der Waals surface area (Å²) in [6, 6.07) is -0.795. The van der Waals surface area contributed by atoms with Gasteiger partial charge in [0.1, 0.15) is 11.9 Å². The van der Waals surface area contributed by atoms with Gasteiger partial charge in [0.15, 0.2) is 0 Å². The first-order valence-corrected chi connectivity index (χ1v) is 4.63. The lowest BCUT2D eigenvalue weighted by Gasteiger charge is -2.17. The minimum Gasteiger partial charge on any atom is -0.386 e. The molecule has 0 aromatic carbocycles. The zero-order valence-corrected chi connectivity index (χ0v) is 8.23. The van der Waals surface area contributed by atoms with E-state index in [9.17, 15) is 4.79 Å². The van der Waals surface area contributed by atoms with Gasteiger partial charge in [0.25, 0.3) is 0 Å². The third-order valence-electron chi connectivity index (χ3n) is 2.12. The first kappa shape index (κ1) is 11.2. The van der Waals surface area contributed by atoms with Crippen molar-refractivity contribution in [2.45, 2.75) is 12.5 Å². The lowest BCUT2D eigenvalue weighted by Crippen LogP contribution is -2.47. The summed E-state index contributed by atoms with van der Waals surface area (Å²) in [5.74, 6) is -0.662. The largest absolute Gasteiger partial charge is 0.386 e. The Morgan fingerprint density at radius 3 is 2.80 bits per heavy atom. The Morgan fingerprint density at radius 1 is 1.60 bits per heavy atom. The summed E-state index contributed by atoms with van der Waals surface area (Å²) in [5.41, 5.74) is 5.21. The molecule has 1 rings (SSSR count). The fourth-order valence-corrected chi connectivity index (χ4v) is 1.24. The summed E-state index contributed by atoms with van der Waals surface area (Å²) in [5, 5.41) is 16.7. The second-order valence-corrected chi connectivity index (χ2v) is 3.26. The van der Waals surface area contributed by atoms with Gasteiger partial charge in [-0.2, -0.15) is 0 Å². The van der Waals surface area contributed by atoms with Crippen LogP contribution in [0.4, 0.5) is 0 Å². The van der Waals surface area contributed by atoms with Crippen LogP contribution in [0.1, 0.15) is 6.42 Å². The third kappa shape index (κ3) is 3.05. The maximum absolute atomic E-state index is 11.6. The average Bonchev–Trinajstić information content (AvgIpc) is 2.26. The van der Waals surface area contributed by atoms with Crippen molar-refractivity contribution < 1.29 is 4.79 Å². The number of hydrogen-bond acceptors (Lipinski definition) is 3. The Hall–Kier alpha value is -1.91. The number of amidine groups is 1. The molecule has 5 heteroatoms. The predicted octanol–water partition coefficient (Wildman–Crippen LogP) is 0.189. The zero-order chi connectivity index (χ0) is 11.3. The molecule has 2 atom stereocenters. The molecule has 1 amide bonds. The van der Waals surface area contributed by atoms with Crippen molar-refractivity contribution in [3.05, 3.63) is 24.3 Å². The van der Waals surface area contributed by atoms with Crippen LogP contribution in [0.2, 0.25) is 0 Å². The number of carbonyl (C=O) groups excluding carboxylic acids is 1. The van der Waals surface area contributed by atoms with Crippen molar-refractivity contribution in [1.82, 2.24) is 5.32 Å². The van der Waals surface area contributed by atoms with Gasteiger partial charge in [-0.25, -0.2) is 0 Å². The van der Waals surface area contributed by atoms with E-state index < -0.39 is 6.04 Å². The van der Waals surface area contributed by atoms with Gasteiger partial charge in [-0.3, -0.25) is 10.2 Å². The Morgan fingerprint density at radius 2 is 2.33 bits per heavy atom. The van der Waals surface area contributed by atoms with E-state index >= 15 is 0 Å². The van der Waals surface area contributed by atoms with E-state index in [0.717, 1.165) is 6.21 Å². The topological polar surface area (TPSA) is 103 Å². The van der Waals surface area contributed by atoms with Crippen LogP contribution < -0.4 is 11.1 Å². The summed E-state index contributed by atoms with van der Waals surface area (Å²) in [7, 11) is 0. The van der Waals surface area contributed by atoms with Crippen molar-refractivity contribution in [3.63, 3.8) is 0 Å². The van der Waals surface area contributed by atoms with Gasteiger partial charge in [-0.15, -0.1) is 0 Å². The van der Waals surface area contributed by atoms with Gasteiger partial charge < -0.3 is 16.5 Å². The Balaban J connectivity index is 2.54. The molecular weight excluding hydrogens is 192 g/mol. The zero-order valence-electron chi connectivity index (χ0n) is 8.23. The average molecular weight is 206 g/mol. The van der Waals surface area contributed by atoms with Crippen molar-refractivity contribution >= 4 is 18.0 Å². The van der Waals surface area contributed by atoms with Crippen LogP contribution in [0.3, 0.4) is 0 Å². The highest BCUT2D eigenvalue weighted by molar-refractivity contribution is 6.01. The van der Waals surface area contributed by atoms with E-state index in [2.05, 4.69) is 5.32 Å². The number of rotatable bonds is 4. The fourth-order valence-electron chi connectivity index (χ4n) is 1.24. The van der Waals surface area contributed by atoms with Gasteiger partial charge in [-0.1, -0.05) is 24.3 Å². The highest BCUT2D eigenvalue weighted by Gasteiger charge is 2.19. The number of allylic oxidation sites excluding steroid dienone is 3. The number of hydrogen-bond donors (Lipinski definition) is 4. The molecule has 1 aliphatic carbocycles. The Bertz CT molecular complexity index is 332. The standard InChI is InChI=1S/C10H14N4O/c11-6-8(9(12)13)14-10(15)7-4-2-1-3-5-7/h1-4,6-8,11H,5H2,(H3,12,13)(H,14,15). The number of nitrogens with two attached hydrogens (primary N) is 1. The normalized spacial score (nSPS) is 20.7. The smallest absolute Gasteiger partial charge is 0.228 e. The van der Waals surface area contributed by atoms with Crippen molar-refractivity contribution in [1.29, 1.82) is 10.8 Å². The molecule has 1 aliphatic rings. The quantitative estimate of drug-likeness (QED) is 0.389. The van der Waals surface area contributed by atoms with Crippen LogP contribution in [-0.2, 0) is 4.79 Å². The van der Waals surface area contributed by atoms with E-state index in [1.54, 1.807) is 12.2 Å². The summed E-state index contributed by atoms with van der Waals surface area (Å²) in [4.78, 5) is 11.6. The van der Waals surface area contributed by atoms with E-state index in [4.69, 9.17) is 16.6 Å². The fraction of sp³-hybridized carbons (Fsp3) is 0.300. The Labute approximate surface area is 88.1 Å². The minimum absolute atomic E-state index is 0.209. The molecule has 15 heavy (non-hydrogen) atoms. The first-order chi connectivity index (χ1) is 7.15. The van der Waals surface area contributed by atoms with Gasteiger partial charge in [-0.05, 0) is 6.42 Å². The molecule has 0 saturated carbocycles. The third-order valence-corrected chi connectivity index (χ3v) is 2.12. The lowest BCUT2D eigenvalue weighted by atomic mass is 10.00. The van der Waals surface area contributed by atoms with Crippen LogP contribution in [0.5, 0.6) is 0 Å². The van der Waals surface area contributed by atoms with Crippen LogP contribution in [0, 0.1) is 16.7 Å². The van der Waals surface area contributed by atoms with Crippen molar-refractivity contribution in [2.24, 2.45) is 11.7 Å². The molecule has 0 aromatic rings. The summed E-state index contributed by atoms with van der Waals surface area (Å²) >= 11 is 0. The van der Waals surface area contributed by atoms with Crippen LogP contribution >= 0.6 is 0 Å². The maximum Gasteiger partial charge on any atom is 0.228 e. The second kappa shape index (κ2) is 5.09. The molecule has 5 nitrogen and oxygen atoms in total. The highest BCUT2D eigenvalue weighted by atomic mass is 16.1. The molecule has 5 N–H and O–H groups in total. The molecular formula is C10H14N4O. The number of nitrogens with one attached hydrogen (secondary N) is 3. The molecule has 0 radical (unpaired) electrons. The van der Waals surface area contributed by atoms with E-state index in [-0.39, 0.29) is 17.7 Å². The van der Waals surface area contributed by atoms with Gasteiger partial charge in [0.05, 0.1) is 5.92 Å². The molecule has 0 heterocycles. The number of carbonyl (C=O) groups is 1. The van der Waals surface area contributed by atoms with Crippen molar-refractivity contribution in [2.75, 3.05) is 0 Å². The monoisotopic (exact) mass is 206 g/mol. The molecule has 0 bridgehead atoms. The summed E-state index contributed by atoms with van der Waals surface area (Å²) in [6.45, 7) is 0. The van der Waals surface area contributed by atoms with Gasteiger partial charge >= 0.3 is 0 Å². The molecule has 0 fully saturated rings.